The zero-order chi connectivity index (χ0) is 25.4. The van der Waals surface area contributed by atoms with Gasteiger partial charge in [0.25, 0.3) is 0 Å². The molecule has 0 unspecified atom stereocenters. The molecule has 2 aromatic heterocycles. The Hall–Kier alpha value is -5.24. The molecule has 0 bridgehead atoms. The number of carbonyl (C=O) groups excluding carboxylic acids is 1. The third-order valence-electron chi connectivity index (χ3n) is 5.90. The average molecular weight is 489 g/mol. The molecule has 0 atom stereocenters. The molecule has 0 fully saturated rings. The van der Waals surface area contributed by atoms with E-state index in [9.17, 15) is 9.59 Å². The predicted octanol–water partition coefficient (Wildman–Crippen LogP) is 5.00. The van der Waals surface area contributed by atoms with E-state index in [-0.39, 0.29) is 17.2 Å². The smallest absolute Gasteiger partial charge is 0.363 e. The molecule has 37 heavy (non-hydrogen) atoms. The Morgan fingerprint density at radius 2 is 1.68 bits per heavy atom. The summed E-state index contributed by atoms with van der Waals surface area (Å²) in [6.07, 6.45) is 3.30. The number of benzene rings is 3. The van der Waals surface area contributed by atoms with E-state index in [1.807, 2.05) is 72.8 Å². The van der Waals surface area contributed by atoms with Crippen LogP contribution in [0.2, 0.25) is 0 Å². The molecule has 5 aromatic rings. The lowest BCUT2D eigenvalue weighted by molar-refractivity contribution is -0.129. The summed E-state index contributed by atoms with van der Waals surface area (Å²) in [5, 5.41) is 5.36. The first-order valence-electron chi connectivity index (χ1n) is 11.4. The van der Waals surface area contributed by atoms with Crippen molar-refractivity contribution in [3.8, 4) is 22.7 Å². The van der Waals surface area contributed by atoms with Crippen LogP contribution >= 0.6 is 0 Å². The van der Waals surface area contributed by atoms with Crippen LogP contribution in [-0.2, 0) is 9.53 Å². The van der Waals surface area contributed by atoms with Gasteiger partial charge in [0.05, 0.1) is 18.4 Å². The fourth-order valence-electron chi connectivity index (χ4n) is 4.12. The Morgan fingerprint density at radius 1 is 0.919 bits per heavy atom. The number of hydrogen-bond acceptors (Lipinski definition) is 7. The summed E-state index contributed by atoms with van der Waals surface area (Å²) in [6, 6.07) is 25.7. The van der Waals surface area contributed by atoms with E-state index >= 15 is 0 Å². The van der Waals surface area contributed by atoms with Crippen molar-refractivity contribution in [2.24, 2.45) is 4.99 Å². The first-order valence-corrected chi connectivity index (χ1v) is 11.4. The fourth-order valence-corrected chi connectivity index (χ4v) is 4.12. The lowest BCUT2D eigenvalue weighted by atomic mass is 10.1. The van der Waals surface area contributed by atoms with E-state index in [0.717, 1.165) is 5.69 Å². The van der Waals surface area contributed by atoms with Gasteiger partial charge in [-0.15, -0.1) is 0 Å². The molecule has 6 rings (SSSR count). The number of aromatic nitrogens is 2. The van der Waals surface area contributed by atoms with Crippen LogP contribution in [0.4, 0.5) is 0 Å². The van der Waals surface area contributed by atoms with Gasteiger partial charge in [-0.1, -0.05) is 48.5 Å². The highest BCUT2D eigenvalue weighted by Crippen LogP contribution is 2.30. The van der Waals surface area contributed by atoms with Crippen molar-refractivity contribution in [2.45, 2.75) is 0 Å². The van der Waals surface area contributed by atoms with Crippen LogP contribution in [0.15, 0.2) is 111 Å². The van der Waals surface area contributed by atoms with Crippen molar-refractivity contribution in [3.63, 3.8) is 0 Å². The van der Waals surface area contributed by atoms with E-state index in [4.69, 9.17) is 13.9 Å². The molecule has 1 aliphatic rings. The number of methoxy groups -OCH3 is 1. The molecular formula is C29H19N3O5. The minimum atomic E-state index is -0.590. The fraction of sp³-hybridized carbons (Fsp3) is 0.0345. The number of rotatable bonds is 5. The van der Waals surface area contributed by atoms with Gasteiger partial charge in [0.15, 0.2) is 17.0 Å². The van der Waals surface area contributed by atoms with E-state index in [1.54, 1.807) is 29.1 Å². The summed E-state index contributed by atoms with van der Waals surface area (Å²) in [7, 11) is 1.51. The predicted molar refractivity (Wildman–Crippen MR) is 139 cm³/mol. The molecule has 8 heteroatoms. The number of nitrogens with zero attached hydrogens (tertiary/aromatic N) is 3. The Morgan fingerprint density at radius 3 is 2.43 bits per heavy atom. The van der Waals surface area contributed by atoms with Crippen LogP contribution in [0, 0.1) is 0 Å². The van der Waals surface area contributed by atoms with Crippen LogP contribution in [0.3, 0.4) is 0 Å². The second-order valence-electron chi connectivity index (χ2n) is 8.24. The Balaban J connectivity index is 1.53. The highest BCUT2D eigenvalue weighted by atomic mass is 16.6. The highest BCUT2D eigenvalue weighted by Gasteiger charge is 2.26. The van der Waals surface area contributed by atoms with Crippen molar-refractivity contribution in [1.29, 1.82) is 0 Å². The maximum Gasteiger partial charge on any atom is 0.363 e. The molecular weight excluding hydrogens is 470 g/mol. The SMILES string of the molecule is COc1cccc2cc(-c3nn(-c4ccccc4)cc3/C=C3\N=C(c4ccccc4)OC3=O)c(=O)oc12. The van der Waals surface area contributed by atoms with Gasteiger partial charge < -0.3 is 13.9 Å². The molecule has 0 saturated heterocycles. The number of ether oxygens (including phenoxy) is 2. The molecule has 8 nitrogen and oxygen atoms in total. The summed E-state index contributed by atoms with van der Waals surface area (Å²) < 4.78 is 18.0. The maximum atomic E-state index is 13.1. The molecule has 0 spiro atoms. The van der Waals surface area contributed by atoms with Crippen molar-refractivity contribution < 1.29 is 18.7 Å². The zero-order valence-electron chi connectivity index (χ0n) is 19.6. The first kappa shape index (κ1) is 22.2. The molecule has 0 radical (unpaired) electrons. The summed E-state index contributed by atoms with van der Waals surface area (Å²) in [5.74, 6) is 0.0773. The first-order chi connectivity index (χ1) is 18.1. The van der Waals surface area contributed by atoms with Gasteiger partial charge >= 0.3 is 11.6 Å². The van der Waals surface area contributed by atoms with Gasteiger partial charge in [-0.2, -0.15) is 5.10 Å². The summed E-state index contributed by atoms with van der Waals surface area (Å²) in [4.78, 5) is 30.2. The third-order valence-corrected chi connectivity index (χ3v) is 5.90. The summed E-state index contributed by atoms with van der Waals surface area (Å²) >= 11 is 0. The van der Waals surface area contributed by atoms with Crippen molar-refractivity contribution in [3.05, 3.63) is 118 Å². The highest BCUT2D eigenvalue weighted by molar-refractivity contribution is 6.13. The standard InChI is InChI=1S/C29H19N3O5/c1-35-24-14-8-11-19-15-22(28(33)36-26(19)24)25-20(17-32(31-25)21-12-6-3-7-13-21)16-23-29(34)37-27(30-23)18-9-4-2-5-10-18/h2-17H,1H3/b23-16-. The molecule has 1 aliphatic heterocycles. The van der Waals surface area contributed by atoms with Gasteiger partial charge in [0, 0.05) is 22.7 Å². The second-order valence-corrected chi connectivity index (χ2v) is 8.24. The number of cyclic esters (lactones) is 1. The van der Waals surface area contributed by atoms with Gasteiger partial charge in [0.2, 0.25) is 5.90 Å². The van der Waals surface area contributed by atoms with Crippen molar-refractivity contribution in [2.75, 3.05) is 7.11 Å². The maximum absolute atomic E-state index is 13.1. The molecule has 0 N–H and O–H groups in total. The van der Waals surface area contributed by atoms with Crippen LogP contribution in [0.5, 0.6) is 5.75 Å². The van der Waals surface area contributed by atoms with Crippen molar-refractivity contribution in [1.82, 2.24) is 9.78 Å². The van der Waals surface area contributed by atoms with Crippen molar-refractivity contribution >= 4 is 28.9 Å². The zero-order valence-corrected chi connectivity index (χ0v) is 19.6. The molecule has 3 heterocycles. The normalized spacial score (nSPS) is 14.1. The number of hydrogen-bond donors (Lipinski definition) is 0. The number of fused-ring (bicyclic) bond motifs is 1. The van der Waals surface area contributed by atoms with Gasteiger partial charge in [-0.3, -0.25) is 0 Å². The molecule has 3 aromatic carbocycles. The minimum absolute atomic E-state index is 0.0968. The monoisotopic (exact) mass is 489 g/mol. The van der Waals surface area contributed by atoms with E-state index < -0.39 is 11.6 Å². The number of para-hydroxylation sites is 2. The third kappa shape index (κ3) is 4.10. The van der Waals surface area contributed by atoms with Crippen LogP contribution < -0.4 is 10.4 Å². The largest absolute Gasteiger partial charge is 0.493 e. The van der Waals surface area contributed by atoms with Gasteiger partial charge in [0.1, 0.15) is 5.69 Å². The summed E-state index contributed by atoms with van der Waals surface area (Å²) in [5.41, 5.74) is 2.40. The Labute approximate surface area is 210 Å². The van der Waals surface area contributed by atoms with E-state index in [1.165, 1.54) is 7.11 Å². The second kappa shape index (κ2) is 9.09. The van der Waals surface area contributed by atoms with E-state index in [2.05, 4.69) is 10.1 Å². The molecule has 0 amide bonds. The van der Waals surface area contributed by atoms with Crippen LogP contribution in [0.1, 0.15) is 11.1 Å². The number of aliphatic imine (C=N–C) groups is 1. The molecule has 0 saturated carbocycles. The molecule has 180 valence electrons. The quantitative estimate of drug-likeness (QED) is 0.196. The topological polar surface area (TPSA) is 95.9 Å². The Bertz CT molecular complexity index is 1770. The lowest BCUT2D eigenvalue weighted by Gasteiger charge is -2.05. The minimum Gasteiger partial charge on any atom is -0.493 e. The van der Waals surface area contributed by atoms with Crippen LogP contribution in [0.25, 0.3) is 34.0 Å². The Kier molecular flexibility index (Phi) is 5.46. The van der Waals surface area contributed by atoms with Crippen LogP contribution in [-0.4, -0.2) is 28.8 Å². The summed E-state index contributed by atoms with van der Waals surface area (Å²) in [6.45, 7) is 0. The average Bonchev–Trinajstić information content (AvgIpc) is 3.52. The lowest BCUT2D eigenvalue weighted by Crippen LogP contribution is -2.06. The van der Waals surface area contributed by atoms with Gasteiger partial charge in [-0.25, -0.2) is 19.3 Å². The molecule has 0 aliphatic carbocycles. The van der Waals surface area contributed by atoms with Gasteiger partial charge in [-0.05, 0) is 42.5 Å². The van der Waals surface area contributed by atoms with E-state index in [0.29, 0.717) is 33.5 Å². The number of carbonyl (C=O) groups is 1. The number of esters is 1.